The first-order valence-electron chi connectivity index (χ1n) is 8.01. The largest absolute Gasteiger partial charge is 0.308 e. The minimum absolute atomic E-state index is 0.468. The third kappa shape index (κ3) is 2.37. The Balaban J connectivity index is 2.17. The van der Waals surface area contributed by atoms with Gasteiger partial charge in [0.05, 0.1) is 11.6 Å². The molecule has 0 saturated heterocycles. The highest BCUT2D eigenvalue weighted by molar-refractivity contribution is 6.16. The summed E-state index contributed by atoms with van der Waals surface area (Å²) in [5.41, 5.74) is 3.15. The Morgan fingerprint density at radius 2 is 2.00 bits per heavy atom. The van der Waals surface area contributed by atoms with Crippen LogP contribution in [0, 0.1) is 18.8 Å². The molecule has 1 fully saturated rings. The predicted molar refractivity (Wildman–Crippen MR) is 86.6 cm³/mol. The lowest BCUT2D eigenvalue weighted by atomic mass is 9.77. The van der Waals surface area contributed by atoms with Gasteiger partial charge in [0.1, 0.15) is 11.3 Å². The summed E-state index contributed by atoms with van der Waals surface area (Å²) in [5.74, 6) is 2.86. The van der Waals surface area contributed by atoms with Crippen LogP contribution in [0.25, 0.3) is 11.2 Å². The highest BCUT2D eigenvalue weighted by Gasteiger charge is 2.32. The first-order chi connectivity index (χ1) is 10.0. The molecule has 3 rings (SSSR count). The van der Waals surface area contributed by atoms with Gasteiger partial charge >= 0.3 is 0 Å². The molecule has 2 aromatic rings. The van der Waals surface area contributed by atoms with Gasteiger partial charge in [0.15, 0.2) is 5.65 Å². The highest BCUT2D eigenvalue weighted by atomic mass is 35.5. The van der Waals surface area contributed by atoms with Crippen molar-refractivity contribution in [3.05, 3.63) is 11.5 Å². The summed E-state index contributed by atoms with van der Waals surface area (Å²) in [7, 11) is 2.01. The first kappa shape index (κ1) is 14.9. The van der Waals surface area contributed by atoms with Crippen LogP contribution in [0.4, 0.5) is 0 Å². The molecule has 116 valence electrons. The van der Waals surface area contributed by atoms with Crippen molar-refractivity contribution in [1.82, 2.24) is 19.3 Å². The van der Waals surface area contributed by atoms with Crippen LogP contribution in [0.15, 0.2) is 0 Å². The van der Waals surface area contributed by atoms with Gasteiger partial charge < -0.3 is 4.57 Å². The zero-order valence-electron chi connectivity index (χ0n) is 13.4. The van der Waals surface area contributed by atoms with Crippen LogP contribution in [0.2, 0.25) is 0 Å². The van der Waals surface area contributed by atoms with Crippen molar-refractivity contribution in [2.75, 3.05) is 0 Å². The molecule has 4 nitrogen and oxygen atoms in total. The average Bonchev–Trinajstić information content (AvgIpc) is 2.97. The summed E-state index contributed by atoms with van der Waals surface area (Å²) in [4.78, 5) is 4.77. The van der Waals surface area contributed by atoms with E-state index in [4.69, 9.17) is 16.6 Å². The van der Waals surface area contributed by atoms with Crippen LogP contribution in [0.1, 0.15) is 57.1 Å². The number of halogens is 1. The summed E-state index contributed by atoms with van der Waals surface area (Å²) < 4.78 is 4.37. The predicted octanol–water partition coefficient (Wildman–Crippen LogP) is 4.20. The van der Waals surface area contributed by atoms with Crippen LogP contribution in [-0.2, 0) is 12.9 Å². The van der Waals surface area contributed by atoms with E-state index in [0.717, 1.165) is 22.7 Å². The van der Waals surface area contributed by atoms with Crippen LogP contribution in [0.3, 0.4) is 0 Å². The SMILES string of the molecule is Cc1nn(C)c2c1nc(CCl)n2C1CCCCC1C(C)C. The van der Waals surface area contributed by atoms with Gasteiger partial charge in [-0.2, -0.15) is 5.10 Å². The lowest BCUT2D eigenvalue weighted by Crippen LogP contribution is -2.28. The van der Waals surface area contributed by atoms with Gasteiger partial charge in [-0.05, 0) is 31.6 Å². The molecule has 1 saturated carbocycles. The molecule has 2 aromatic heterocycles. The number of hydrogen-bond donors (Lipinski definition) is 0. The number of imidazole rings is 1. The monoisotopic (exact) mass is 308 g/mol. The van der Waals surface area contributed by atoms with Crippen LogP contribution >= 0.6 is 11.6 Å². The maximum Gasteiger partial charge on any atom is 0.158 e. The zero-order valence-corrected chi connectivity index (χ0v) is 14.2. The van der Waals surface area contributed by atoms with Crippen molar-refractivity contribution < 1.29 is 0 Å². The quantitative estimate of drug-likeness (QED) is 0.796. The smallest absolute Gasteiger partial charge is 0.158 e. The summed E-state index contributed by atoms with van der Waals surface area (Å²) >= 11 is 6.20. The number of aryl methyl sites for hydroxylation is 2. The second kappa shape index (κ2) is 5.64. The molecule has 0 spiro atoms. The van der Waals surface area contributed by atoms with E-state index in [-0.39, 0.29) is 0 Å². The van der Waals surface area contributed by atoms with E-state index in [9.17, 15) is 0 Å². The fourth-order valence-electron chi connectivity index (χ4n) is 4.02. The van der Waals surface area contributed by atoms with Crippen molar-refractivity contribution in [1.29, 1.82) is 0 Å². The Bertz CT molecular complexity index is 640. The molecule has 0 radical (unpaired) electrons. The molecule has 2 atom stereocenters. The highest BCUT2D eigenvalue weighted by Crippen LogP contribution is 2.41. The third-order valence-electron chi connectivity index (χ3n) is 5.00. The molecular formula is C16H25ClN4. The minimum atomic E-state index is 0.468. The van der Waals surface area contributed by atoms with E-state index in [2.05, 4.69) is 23.5 Å². The molecular weight excluding hydrogens is 284 g/mol. The Labute approximate surface area is 131 Å². The Morgan fingerprint density at radius 3 is 2.67 bits per heavy atom. The van der Waals surface area contributed by atoms with Crippen molar-refractivity contribution >= 4 is 22.8 Å². The number of nitrogens with zero attached hydrogens (tertiary/aromatic N) is 4. The van der Waals surface area contributed by atoms with Gasteiger partial charge in [-0.3, -0.25) is 4.68 Å². The molecule has 0 aliphatic heterocycles. The molecule has 1 aliphatic rings. The van der Waals surface area contributed by atoms with Gasteiger partial charge in [0.2, 0.25) is 0 Å². The molecule has 0 aromatic carbocycles. The number of hydrogen-bond acceptors (Lipinski definition) is 2. The van der Waals surface area contributed by atoms with Crippen molar-refractivity contribution in [2.45, 2.75) is 58.4 Å². The number of fused-ring (bicyclic) bond motifs is 1. The molecule has 1 aliphatic carbocycles. The maximum absolute atomic E-state index is 6.20. The summed E-state index contributed by atoms with van der Waals surface area (Å²) in [6.45, 7) is 6.70. The van der Waals surface area contributed by atoms with E-state index in [0.29, 0.717) is 23.8 Å². The van der Waals surface area contributed by atoms with E-state index in [1.54, 1.807) is 0 Å². The lowest BCUT2D eigenvalue weighted by Gasteiger charge is -2.36. The second-order valence-electron chi connectivity index (χ2n) is 6.67. The number of rotatable bonds is 3. The van der Waals surface area contributed by atoms with Crippen molar-refractivity contribution in [3.63, 3.8) is 0 Å². The number of aromatic nitrogens is 4. The summed E-state index contributed by atoms with van der Waals surface area (Å²) in [6.07, 6.45) is 5.17. The zero-order chi connectivity index (χ0) is 15.1. The van der Waals surface area contributed by atoms with Crippen LogP contribution in [-0.4, -0.2) is 19.3 Å². The fraction of sp³-hybridized carbons (Fsp3) is 0.750. The van der Waals surface area contributed by atoms with E-state index < -0.39 is 0 Å². The Hall–Kier alpha value is -1.03. The van der Waals surface area contributed by atoms with Gasteiger partial charge in [0.25, 0.3) is 0 Å². The molecule has 0 N–H and O–H groups in total. The Morgan fingerprint density at radius 1 is 1.29 bits per heavy atom. The third-order valence-corrected chi connectivity index (χ3v) is 5.24. The fourth-order valence-corrected chi connectivity index (χ4v) is 4.21. The van der Waals surface area contributed by atoms with Crippen LogP contribution in [0.5, 0.6) is 0 Å². The average molecular weight is 309 g/mol. The molecule has 2 unspecified atom stereocenters. The van der Waals surface area contributed by atoms with Crippen molar-refractivity contribution in [3.8, 4) is 0 Å². The van der Waals surface area contributed by atoms with Crippen LogP contribution < -0.4 is 0 Å². The van der Waals surface area contributed by atoms with E-state index in [1.165, 1.54) is 25.7 Å². The summed E-state index contributed by atoms with van der Waals surface area (Å²) in [5, 5.41) is 4.54. The van der Waals surface area contributed by atoms with Gasteiger partial charge in [0, 0.05) is 13.1 Å². The lowest BCUT2D eigenvalue weighted by molar-refractivity contribution is 0.184. The Kier molecular flexibility index (Phi) is 4.00. The van der Waals surface area contributed by atoms with Crippen molar-refractivity contribution in [2.24, 2.45) is 18.9 Å². The molecule has 21 heavy (non-hydrogen) atoms. The molecule has 0 amide bonds. The van der Waals surface area contributed by atoms with Gasteiger partial charge in [-0.25, -0.2) is 4.98 Å². The second-order valence-corrected chi connectivity index (χ2v) is 6.94. The normalized spacial score (nSPS) is 23.3. The molecule has 5 heteroatoms. The topological polar surface area (TPSA) is 35.6 Å². The first-order valence-corrected chi connectivity index (χ1v) is 8.54. The van der Waals surface area contributed by atoms with Gasteiger partial charge in [-0.1, -0.05) is 26.7 Å². The molecule has 0 bridgehead atoms. The standard InChI is InChI=1S/C16H25ClN4/c1-10(2)12-7-5-6-8-13(12)21-14(9-17)18-15-11(3)19-20(4)16(15)21/h10,12-13H,5-9H2,1-4H3. The minimum Gasteiger partial charge on any atom is -0.308 e. The maximum atomic E-state index is 6.20. The molecule has 2 heterocycles. The summed E-state index contributed by atoms with van der Waals surface area (Å²) in [6, 6.07) is 0.507. The van der Waals surface area contributed by atoms with E-state index in [1.807, 2.05) is 18.7 Å². The van der Waals surface area contributed by atoms with E-state index >= 15 is 0 Å². The number of alkyl halides is 1. The van der Waals surface area contributed by atoms with Gasteiger partial charge in [-0.15, -0.1) is 11.6 Å².